The molecule has 1 saturated heterocycles. The lowest BCUT2D eigenvalue weighted by molar-refractivity contribution is -0.129. The molecule has 1 aliphatic heterocycles. The summed E-state index contributed by atoms with van der Waals surface area (Å²) in [6.07, 6.45) is 1.84. The van der Waals surface area contributed by atoms with Gasteiger partial charge in [-0.05, 0) is 79.5 Å². The predicted octanol–water partition coefficient (Wildman–Crippen LogP) is 4.82. The first kappa shape index (κ1) is 21.2. The van der Waals surface area contributed by atoms with Gasteiger partial charge in [-0.2, -0.15) is 0 Å². The Morgan fingerprint density at radius 2 is 1.97 bits per heavy atom. The van der Waals surface area contributed by atoms with Gasteiger partial charge in [0.1, 0.15) is 12.4 Å². The number of amides is 1. The minimum atomic E-state index is -0.349. The van der Waals surface area contributed by atoms with E-state index in [4.69, 9.17) is 21.4 Å². The van der Waals surface area contributed by atoms with Gasteiger partial charge in [0.25, 0.3) is 0 Å². The molecule has 2 fully saturated rings. The summed E-state index contributed by atoms with van der Waals surface area (Å²) in [6.45, 7) is 6.68. The molecular weight excluding hydrogens is 398 g/mol. The molecule has 4 nitrogen and oxygen atoms in total. The number of benzene rings is 2. The fraction of sp³-hybridized carbons (Fsp3) is 0.480. The molecule has 1 aliphatic carbocycles. The Hall–Kier alpha value is -2.04. The van der Waals surface area contributed by atoms with Crippen LogP contribution in [0, 0.1) is 18.3 Å². The van der Waals surface area contributed by atoms with Crippen molar-refractivity contribution >= 4 is 17.5 Å². The molecule has 0 aromatic heterocycles. The molecule has 0 radical (unpaired) electrons. The Labute approximate surface area is 183 Å². The molecule has 1 amide bonds. The number of fused-ring (bicyclic) bond motifs is 1. The molecule has 1 saturated carbocycles. The standard InChI is InChI=1S/C25H30ClNO3/c1-15-14-19(30-13-12-28)8-9-20(15)21-10-11-25(3)23(16(2)27-24(25)29)22(21)17-4-6-18(26)7-5-17/h4-9,14,16,21-23,28H,10-13H2,1-3H3,(H,27,29)/t16-,21+,22+,23+,25-/m1/s1. The summed E-state index contributed by atoms with van der Waals surface area (Å²) in [5, 5.41) is 13.0. The van der Waals surface area contributed by atoms with Crippen LogP contribution in [0.2, 0.25) is 5.02 Å². The molecule has 4 rings (SSSR count). The van der Waals surface area contributed by atoms with E-state index in [1.54, 1.807) is 0 Å². The van der Waals surface area contributed by atoms with Gasteiger partial charge in [-0.25, -0.2) is 0 Å². The van der Waals surface area contributed by atoms with Crippen molar-refractivity contribution in [2.24, 2.45) is 11.3 Å². The van der Waals surface area contributed by atoms with E-state index >= 15 is 0 Å². The number of ether oxygens (including phenoxy) is 1. The Balaban J connectivity index is 1.77. The highest BCUT2D eigenvalue weighted by atomic mass is 35.5. The van der Waals surface area contributed by atoms with E-state index in [0.29, 0.717) is 12.5 Å². The molecule has 30 heavy (non-hydrogen) atoms. The summed E-state index contributed by atoms with van der Waals surface area (Å²) in [5.74, 6) is 1.71. The van der Waals surface area contributed by atoms with E-state index in [9.17, 15) is 4.79 Å². The molecule has 2 aromatic carbocycles. The second-order valence-corrected chi connectivity index (χ2v) is 9.45. The van der Waals surface area contributed by atoms with Crippen molar-refractivity contribution in [1.29, 1.82) is 0 Å². The zero-order valence-electron chi connectivity index (χ0n) is 17.8. The van der Waals surface area contributed by atoms with Crippen molar-refractivity contribution in [1.82, 2.24) is 5.32 Å². The van der Waals surface area contributed by atoms with Gasteiger partial charge < -0.3 is 15.2 Å². The first-order valence-corrected chi connectivity index (χ1v) is 11.1. The molecule has 5 heteroatoms. The molecule has 2 aliphatic rings. The van der Waals surface area contributed by atoms with Crippen molar-refractivity contribution in [3.8, 4) is 5.75 Å². The fourth-order valence-corrected chi connectivity index (χ4v) is 5.95. The van der Waals surface area contributed by atoms with E-state index in [1.165, 1.54) is 16.7 Å². The van der Waals surface area contributed by atoms with E-state index in [2.05, 4.69) is 50.4 Å². The summed E-state index contributed by atoms with van der Waals surface area (Å²) >= 11 is 6.18. The summed E-state index contributed by atoms with van der Waals surface area (Å²) in [5.41, 5.74) is 3.38. The highest BCUT2D eigenvalue weighted by Crippen LogP contribution is 2.58. The molecule has 0 spiro atoms. The maximum atomic E-state index is 12.9. The highest BCUT2D eigenvalue weighted by Gasteiger charge is 2.57. The Bertz CT molecular complexity index is 928. The van der Waals surface area contributed by atoms with Gasteiger partial charge in [0.2, 0.25) is 5.91 Å². The van der Waals surface area contributed by atoms with Gasteiger partial charge in [-0.3, -0.25) is 4.79 Å². The number of rotatable bonds is 5. The van der Waals surface area contributed by atoms with Gasteiger partial charge in [0, 0.05) is 17.0 Å². The molecule has 2 aromatic rings. The van der Waals surface area contributed by atoms with Gasteiger partial charge >= 0.3 is 0 Å². The minimum absolute atomic E-state index is 0.00123. The van der Waals surface area contributed by atoms with E-state index < -0.39 is 0 Å². The van der Waals surface area contributed by atoms with Crippen LogP contribution in [0.15, 0.2) is 42.5 Å². The van der Waals surface area contributed by atoms with E-state index in [1.807, 2.05) is 18.2 Å². The largest absolute Gasteiger partial charge is 0.491 e. The number of aliphatic hydroxyl groups excluding tert-OH is 1. The van der Waals surface area contributed by atoms with Crippen LogP contribution in [0.1, 0.15) is 55.2 Å². The van der Waals surface area contributed by atoms with Crippen molar-refractivity contribution in [3.63, 3.8) is 0 Å². The molecule has 5 atom stereocenters. The smallest absolute Gasteiger partial charge is 0.226 e. The lowest BCUT2D eigenvalue weighted by Gasteiger charge is -2.46. The number of hydrogen-bond acceptors (Lipinski definition) is 3. The maximum absolute atomic E-state index is 12.9. The lowest BCUT2D eigenvalue weighted by Crippen LogP contribution is -2.42. The summed E-state index contributed by atoms with van der Waals surface area (Å²) in [4.78, 5) is 12.9. The molecule has 0 unspecified atom stereocenters. The molecule has 1 heterocycles. The second-order valence-electron chi connectivity index (χ2n) is 9.02. The van der Waals surface area contributed by atoms with Crippen LogP contribution in [-0.4, -0.2) is 30.3 Å². The molecular formula is C25H30ClNO3. The van der Waals surface area contributed by atoms with Crippen LogP contribution >= 0.6 is 11.6 Å². The third-order valence-electron chi connectivity index (χ3n) is 7.20. The van der Waals surface area contributed by atoms with Crippen molar-refractivity contribution in [2.75, 3.05) is 13.2 Å². The fourth-order valence-electron chi connectivity index (χ4n) is 5.83. The average Bonchev–Trinajstić information content (AvgIpc) is 2.95. The van der Waals surface area contributed by atoms with Gasteiger partial charge in [-0.1, -0.05) is 36.7 Å². The van der Waals surface area contributed by atoms with Gasteiger partial charge in [0.15, 0.2) is 0 Å². The quantitative estimate of drug-likeness (QED) is 0.719. The third kappa shape index (κ3) is 3.61. The monoisotopic (exact) mass is 427 g/mol. The van der Waals surface area contributed by atoms with E-state index in [-0.39, 0.29) is 35.8 Å². The minimum Gasteiger partial charge on any atom is -0.491 e. The van der Waals surface area contributed by atoms with Crippen LogP contribution in [0.4, 0.5) is 0 Å². The maximum Gasteiger partial charge on any atom is 0.226 e. The predicted molar refractivity (Wildman–Crippen MR) is 119 cm³/mol. The lowest BCUT2D eigenvalue weighted by atomic mass is 9.55. The normalized spacial score (nSPS) is 30.6. The van der Waals surface area contributed by atoms with Gasteiger partial charge in [-0.15, -0.1) is 0 Å². The van der Waals surface area contributed by atoms with Crippen LogP contribution < -0.4 is 10.1 Å². The molecule has 2 N–H and O–H groups in total. The number of nitrogens with one attached hydrogen (secondary N) is 1. The summed E-state index contributed by atoms with van der Waals surface area (Å²) < 4.78 is 5.60. The number of aryl methyl sites for hydroxylation is 1. The molecule has 160 valence electrons. The number of aliphatic hydroxyl groups is 1. The van der Waals surface area contributed by atoms with Crippen LogP contribution in [0.25, 0.3) is 0 Å². The topological polar surface area (TPSA) is 58.6 Å². The Morgan fingerprint density at radius 1 is 1.23 bits per heavy atom. The first-order chi connectivity index (χ1) is 14.3. The number of carbonyl (C=O) groups is 1. The third-order valence-corrected chi connectivity index (χ3v) is 7.45. The van der Waals surface area contributed by atoms with E-state index in [0.717, 1.165) is 23.6 Å². The van der Waals surface area contributed by atoms with Crippen molar-refractivity contribution < 1.29 is 14.6 Å². The first-order valence-electron chi connectivity index (χ1n) is 10.8. The van der Waals surface area contributed by atoms with Gasteiger partial charge in [0.05, 0.1) is 12.0 Å². The zero-order chi connectivity index (χ0) is 21.5. The highest BCUT2D eigenvalue weighted by molar-refractivity contribution is 6.30. The van der Waals surface area contributed by atoms with Crippen LogP contribution in [0.3, 0.4) is 0 Å². The van der Waals surface area contributed by atoms with Crippen molar-refractivity contribution in [3.05, 3.63) is 64.2 Å². The summed E-state index contributed by atoms with van der Waals surface area (Å²) in [7, 11) is 0. The second kappa shape index (κ2) is 8.24. The SMILES string of the molecule is Cc1cc(OCCO)ccc1[C@@H]1CC[C@@]2(C)C(=O)N[C@H](C)[C@H]2[C@H]1c1ccc(Cl)cc1. The Morgan fingerprint density at radius 3 is 2.63 bits per heavy atom. The number of halogens is 1. The molecule has 0 bridgehead atoms. The average molecular weight is 428 g/mol. The van der Waals surface area contributed by atoms with Crippen LogP contribution in [-0.2, 0) is 4.79 Å². The summed E-state index contributed by atoms with van der Waals surface area (Å²) in [6, 6.07) is 14.5. The number of carbonyl (C=O) groups excluding carboxylic acids is 1. The van der Waals surface area contributed by atoms with Crippen molar-refractivity contribution in [2.45, 2.75) is 51.5 Å². The Kier molecular flexibility index (Phi) is 5.82. The zero-order valence-corrected chi connectivity index (χ0v) is 18.6. The van der Waals surface area contributed by atoms with Crippen LogP contribution in [0.5, 0.6) is 5.75 Å². The number of hydrogen-bond donors (Lipinski definition) is 2.